The van der Waals surface area contributed by atoms with Crippen LogP contribution in [0, 0.1) is 0 Å². The highest BCUT2D eigenvalue weighted by atomic mass is 19.4. The first-order valence-electron chi connectivity index (χ1n) is 10.0. The van der Waals surface area contributed by atoms with Crippen LogP contribution in [-0.4, -0.2) is 26.2 Å². The fourth-order valence-corrected chi connectivity index (χ4v) is 3.96. The third-order valence-corrected chi connectivity index (χ3v) is 5.61. The van der Waals surface area contributed by atoms with E-state index < -0.39 is 11.7 Å². The van der Waals surface area contributed by atoms with Gasteiger partial charge in [-0.05, 0) is 54.1 Å². The van der Waals surface area contributed by atoms with E-state index in [9.17, 15) is 13.2 Å². The van der Waals surface area contributed by atoms with Gasteiger partial charge in [0.25, 0.3) is 0 Å². The lowest BCUT2D eigenvalue weighted by Gasteiger charge is -2.44. The van der Waals surface area contributed by atoms with E-state index in [1.807, 2.05) is 53.4 Å². The molecule has 1 unspecified atom stereocenters. The number of ether oxygens (including phenoxy) is 1. The molecule has 4 nitrogen and oxygen atoms in total. The molecule has 1 aliphatic heterocycles. The highest BCUT2D eigenvalue weighted by Gasteiger charge is 2.33. The van der Waals surface area contributed by atoms with Gasteiger partial charge in [-0.2, -0.15) is 13.2 Å². The van der Waals surface area contributed by atoms with Crippen molar-refractivity contribution < 1.29 is 17.9 Å². The third kappa shape index (κ3) is 4.32. The van der Waals surface area contributed by atoms with Crippen molar-refractivity contribution in [3.8, 4) is 5.75 Å². The Morgan fingerprint density at radius 1 is 0.935 bits per heavy atom. The van der Waals surface area contributed by atoms with Crippen molar-refractivity contribution in [3.05, 3.63) is 83.9 Å². The van der Waals surface area contributed by atoms with Crippen molar-refractivity contribution in [2.75, 3.05) is 30.0 Å². The van der Waals surface area contributed by atoms with Crippen LogP contribution in [0.4, 0.5) is 30.2 Å². The van der Waals surface area contributed by atoms with Crippen LogP contribution in [0.2, 0.25) is 0 Å². The molecule has 1 aliphatic rings. The van der Waals surface area contributed by atoms with E-state index in [0.29, 0.717) is 25.3 Å². The second kappa shape index (κ2) is 8.51. The van der Waals surface area contributed by atoms with Gasteiger partial charge in [0.15, 0.2) is 0 Å². The van der Waals surface area contributed by atoms with Crippen LogP contribution >= 0.6 is 0 Å². The fourth-order valence-electron chi connectivity index (χ4n) is 3.96. The van der Waals surface area contributed by atoms with Gasteiger partial charge in [-0.1, -0.05) is 24.3 Å². The number of anilines is 3. The van der Waals surface area contributed by atoms with E-state index in [1.54, 1.807) is 7.11 Å². The molecule has 7 heteroatoms. The zero-order chi connectivity index (χ0) is 22.0. The van der Waals surface area contributed by atoms with E-state index in [2.05, 4.69) is 4.90 Å². The van der Waals surface area contributed by atoms with Crippen molar-refractivity contribution in [2.24, 2.45) is 5.73 Å². The molecule has 0 radical (unpaired) electrons. The minimum Gasteiger partial charge on any atom is -0.497 e. The molecule has 0 amide bonds. The van der Waals surface area contributed by atoms with Gasteiger partial charge in [-0.15, -0.1) is 0 Å². The predicted molar refractivity (Wildman–Crippen MR) is 117 cm³/mol. The smallest absolute Gasteiger partial charge is 0.416 e. The fraction of sp³-hybridized carbons (Fsp3) is 0.250. The summed E-state index contributed by atoms with van der Waals surface area (Å²) in [6.45, 7) is 1.67. The van der Waals surface area contributed by atoms with E-state index in [-0.39, 0.29) is 6.04 Å². The molecule has 3 aromatic rings. The number of nitrogens with zero attached hydrogens (tertiary/aromatic N) is 2. The first-order chi connectivity index (χ1) is 14.9. The van der Waals surface area contributed by atoms with E-state index in [1.165, 1.54) is 12.1 Å². The summed E-state index contributed by atoms with van der Waals surface area (Å²) >= 11 is 0. The van der Waals surface area contributed by atoms with Crippen molar-refractivity contribution in [3.63, 3.8) is 0 Å². The molecule has 4 rings (SSSR count). The maximum atomic E-state index is 13.0. The average Bonchev–Trinajstić information content (AvgIpc) is 2.79. The highest BCUT2D eigenvalue weighted by molar-refractivity contribution is 5.80. The van der Waals surface area contributed by atoms with Crippen molar-refractivity contribution >= 4 is 17.1 Å². The Balaban J connectivity index is 1.67. The van der Waals surface area contributed by atoms with E-state index >= 15 is 0 Å². The van der Waals surface area contributed by atoms with Gasteiger partial charge >= 0.3 is 6.18 Å². The summed E-state index contributed by atoms with van der Waals surface area (Å²) in [5.74, 6) is 0.798. The molecule has 0 bridgehead atoms. The summed E-state index contributed by atoms with van der Waals surface area (Å²) < 4.78 is 44.2. The number of nitrogens with two attached hydrogens (primary N) is 1. The minimum absolute atomic E-state index is 0.000653. The van der Waals surface area contributed by atoms with Crippen LogP contribution in [0.1, 0.15) is 11.1 Å². The molecule has 0 spiro atoms. The second-order valence-corrected chi connectivity index (χ2v) is 7.51. The summed E-state index contributed by atoms with van der Waals surface area (Å²) in [4.78, 5) is 4.30. The molecule has 3 aromatic carbocycles. The minimum atomic E-state index is -4.35. The van der Waals surface area contributed by atoms with Gasteiger partial charge < -0.3 is 20.3 Å². The van der Waals surface area contributed by atoms with Gasteiger partial charge in [-0.3, -0.25) is 0 Å². The first-order valence-corrected chi connectivity index (χ1v) is 10.0. The van der Waals surface area contributed by atoms with E-state index in [0.717, 1.165) is 34.8 Å². The Hall–Kier alpha value is -3.19. The Bertz CT molecular complexity index is 1020. The Morgan fingerprint density at radius 3 is 2.16 bits per heavy atom. The summed E-state index contributed by atoms with van der Waals surface area (Å²) in [6.07, 6.45) is -4.35. The zero-order valence-corrected chi connectivity index (χ0v) is 17.1. The second-order valence-electron chi connectivity index (χ2n) is 7.51. The van der Waals surface area contributed by atoms with Crippen molar-refractivity contribution in [2.45, 2.75) is 18.8 Å². The maximum Gasteiger partial charge on any atom is 0.416 e. The Kier molecular flexibility index (Phi) is 5.78. The Morgan fingerprint density at radius 2 is 1.58 bits per heavy atom. The largest absolute Gasteiger partial charge is 0.497 e. The summed E-state index contributed by atoms with van der Waals surface area (Å²) in [5, 5.41) is 0. The van der Waals surface area contributed by atoms with Gasteiger partial charge in [0.1, 0.15) is 5.75 Å². The van der Waals surface area contributed by atoms with Crippen LogP contribution < -0.4 is 20.3 Å². The topological polar surface area (TPSA) is 41.7 Å². The van der Waals surface area contributed by atoms with Crippen LogP contribution in [0.3, 0.4) is 0 Å². The molecule has 0 saturated carbocycles. The standard InChI is InChI=1S/C24H24F3N3O/c1-31-21-12-6-17(7-13-21)15-29-20(14-28)16-30(23-5-3-2-4-22(23)29)19-10-8-18(9-11-19)24(25,26)27/h2-13,20H,14-16,28H2,1H3. The number of hydrogen-bond acceptors (Lipinski definition) is 4. The van der Waals surface area contributed by atoms with Crippen molar-refractivity contribution in [1.29, 1.82) is 0 Å². The molecule has 0 saturated heterocycles. The first kappa shape index (κ1) is 21.1. The molecule has 1 atom stereocenters. The number of methoxy groups -OCH3 is 1. The number of alkyl halides is 3. The number of rotatable bonds is 5. The quantitative estimate of drug-likeness (QED) is 0.608. The van der Waals surface area contributed by atoms with Gasteiger partial charge in [0.2, 0.25) is 0 Å². The van der Waals surface area contributed by atoms with Crippen LogP contribution in [0.5, 0.6) is 5.75 Å². The van der Waals surface area contributed by atoms with Gasteiger partial charge in [0.05, 0.1) is 30.1 Å². The van der Waals surface area contributed by atoms with Gasteiger partial charge in [0, 0.05) is 25.3 Å². The molecule has 0 aromatic heterocycles. The SMILES string of the molecule is COc1ccc(CN2c3ccccc3N(c3ccc(C(F)(F)F)cc3)CC2CN)cc1. The van der Waals surface area contributed by atoms with Crippen LogP contribution in [0.25, 0.3) is 0 Å². The molecule has 162 valence electrons. The molecular weight excluding hydrogens is 403 g/mol. The molecule has 1 heterocycles. The molecule has 0 aliphatic carbocycles. The Labute approximate surface area is 179 Å². The lowest BCUT2D eigenvalue weighted by atomic mass is 10.0. The number of halogens is 3. The highest BCUT2D eigenvalue weighted by Crippen LogP contribution is 2.41. The summed E-state index contributed by atoms with van der Waals surface area (Å²) in [6, 6.07) is 21.1. The van der Waals surface area contributed by atoms with Crippen molar-refractivity contribution in [1.82, 2.24) is 0 Å². The molecule has 31 heavy (non-hydrogen) atoms. The monoisotopic (exact) mass is 427 g/mol. The third-order valence-electron chi connectivity index (χ3n) is 5.61. The average molecular weight is 427 g/mol. The summed E-state index contributed by atoms with van der Waals surface area (Å²) in [5.41, 5.74) is 9.26. The number of para-hydroxylation sites is 2. The number of hydrogen-bond donors (Lipinski definition) is 1. The lowest BCUT2D eigenvalue weighted by Crippen LogP contribution is -2.50. The number of benzene rings is 3. The maximum absolute atomic E-state index is 13.0. The van der Waals surface area contributed by atoms with Gasteiger partial charge in [-0.25, -0.2) is 0 Å². The normalized spacial score (nSPS) is 16.2. The molecule has 0 fully saturated rings. The molecule has 2 N–H and O–H groups in total. The number of fused-ring (bicyclic) bond motifs is 1. The predicted octanol–water partition coefficient (Wildman–Crippen LogP) is 5.20. The lowest BCUT2D eigenvalue weighted by molar-refractivity contribution is -0.137. The molecular formula is C24H24F3N3O. The van der Waals surface area contributed by atoms with Crippen LogP contribution in [0.15, 0.2) is 72.8 Å². The van der Waals surface area contributed by atoms with Crippen LogP contribution in [-0.2, 0) is 12.7 Å². The van der Waals surface area contributed by atoms with E-state index in [4.69, 9.17) is 10.5 Å². The zero-order valence-electron chi connectivity index (χ0n) is 17.1. The summed E-state index contributed by atoms with van der Waals surface area (Å²) in [7, 11) is 1.64.